The predicted octanol–water partition coefficient (Wildman–Crippen LogP) is 3.08. The van der Waals surface area contributed by atoms with Gasteiger partial charge in [0.15, 0.2) is 5.82 Å². The third-order valence-corrected chi connectivity index (χ3v) is 3.04. The van der Waals surface area contributed by atoms with Crippen molar-refractivity contribution in [2.75, 3.05) is 12.4 Å². The van der Waals surface area contributed by atoms with E-state index in [1.165, 1.54) is 0 Å². The van der Waals surface area contributed by atoms with Crippen LogP contribution in [-0.4, -0.2) is 18.3 Å². The van der Waals surface area contributed by atoms with Gasteiger partial charge in [-0.25, -0.2) is 4.79 Å². The van der Waals surface area contributed by atoms with Gasteiger partial charge in [0.05, 0.1) is 7.11 Å². The molecule has 7 heteroatoms. The van der Waals surface area contributed by atoms with E-state index in [4.69, 9.17) is 9.26 Å². The van der Waals surface area contributed by atoms with Crippen LogP contribution in [0.15, 0.2) is 33.3 Å². The molecule has 6 nitrogen and oxygen atoms in total. The van der Waals surface area contributed by atoms with Gasteiger partial charge in [0.25, 0.3) is 0 Å². The van der Waals surface area contributed by atoms with Crippen molar-refractivity contribution in [2.24, 2.45) is 0 Å². The zero-order valence-electron chi connectivity index (χ0n) is 11.1. The lowest BCUT2D eigenvalue weighted by Crippen LogP contribution is -2.28. The van der Waals surface area contributed by atoms with E-state index in [1.54, 1.807) is 20.1 Å². The number of amides is 2. The first kappa shape index (κ1) is 14.4. The average Bonchev–Trinajstić information content (AvgIpc) is 2.82. The Balaban J connectivity index is 1.94. The number of nitrogens with one attached hydrogen (secondary N) is 2. The first-order valence-corrected chi connectivity index (χ1v) is 6.68. The quantitative estimate of drug-likeness (QED) is 0.897. The minimum Gasteiger partial charge on any atom is -0.496 e. The van der Waals surface area contributed by atoms with Gasteiger partial charge in [-0.15, -0.1) is 0 Å². The number of carbonyl (C=O) groups excluding carboxylic acids is 1. The smallest absolute Gasteiger partial charge is 0.320 e. The number of nitrogens with zero attached hydrogens (tertiary/aromatic N) is 1. The van der Waals surface area contributed by atoms with Gasteiger partial charge in [0.2, 0.25) is 0 Å². The van der Waals surface area contributed by atoms with E-state index >= 15 is 0 Å². The number of hydrogen-bond acceptors (Lipinski definition) is 4. The molecule has 0 radical (unpaired) electrons. The van der Waals surface area contributed by atoms with Crippen LogP contribution in [0, 0.1) is 6.92 Å². The minimum absolute atomic E-state index is 0.339. The molecule has 0 aliphatic carbocycles. The number of rotatable bonds is 4. The minimum atomic E-state index is -0.361. The molecule has 0 saturated carbocycles. The van der Waals surface area contributed by atoms with E-state index in [0.717, 1.165) is 10.0 Å². The third-order valence-electron chi connectivity index (χ3n) is 2.55. The molecular weight excluding hydrogens is 326 g/mol. The molecule has 1 aromatic heterocycles. The number of carbonyl (C=O) groups is 1. The van der Waals surface area contributed by atoms with Gasteiger partial charge in [-0.2, -0.15) is 0 Å². The Morgan fingerprint density at radius 3 is 2.90 bits per heavy atom. The van der Waals surface area contributed by atoms with Gasteiger partial charge >= 0.3 is 6.03 Å². The van der Waals surface area contributed by atoms with E-state index in [2.05, 4.69) is 31.7 Å². The zero-order valence-corrected chi connectivity index (χ0v) is 12.7. The highest BCUT2D eigenvalue weighted by Gasteiger charge is 2.08. The summed E-state index contributed by atoms with van der Waals surface area (Å²) >= 11 is 3.38. The molecule has 0 bridgehead atoms. The number of hydrogen-bond donors (Lipinski definition) is 2. The molecule has 20 heavy (non-hydrogen) atoms. The fourth-order valence-electron chi connectivity index (χ4n) is 1.65. The second-order valence-corrected chi connectivity index (χ2v) is 5.00. The maximum atomic E-state index is 11.7. The summed E-state index contributed by atoms with van der Waals surface area (Å²) in [4.78, 5) is 11.7. The van der Waals surface area contributed by atoms with E-state index in [-0.39, 0.29) is 6.03 Å². The summed E-state index contributed by atoms with van der Waals surface area (Å²) in [6, 6.07) is 6.87. The number of aromatic nitrogens is 1. The average molecular weight is 340 g/mol. The van der Waals surface area contributed by atoms with Crippen LogP contribution in [0.5, 0.6) is 5.75 Å². The lowest BCUT2D eigenvalue weighted by molar-refractivity contribution is 0.251. The Hall–Kier alpha value is -2.02. The van der Waals surface area contributed by atoms with Crippen LogP contribution in [0.3, 0.4) is 0 Å². The van der Waals surface area contributed by atoms with Crippen LogP contribution in [-0.2, 0) is 6.54 Å². The van der Waals surface area contributed by atoms with Crippen LogP contribution in [0.1, 0.15) is 11.3 Å². The summed E-state index contributed by atoms with van der Waals surface area (Å²) in [5.41, 5.74) is 0.869. The Morgan fingerprint density at radius 2 is 2.25 bits per heavy atom. The van der Waals surface area contributed by atoms with E-state index < -0.39 is 0 Å². The number of anilines is 1. The molecule has 2 amide bonds. The predicted molar refractivity (Wildman–Crippen MR) is 77.8 cm³/mol. The summed E-state index contributed by atoms with van der Waals surface area (Å²) in [5.74, 6) is 1.72. The molecule has 2 N–H and O–H groups in total. The molecule has 0 aliphatic heterocycles. The number of benzene rings is 1. The first-order valence-electron chi connectivity index (χ1n) is 5.89. The molecule has 0 atom stereocenters. The third kappa shape index (κ3) is 3.74. The highest BCUT2D eigenvalue weighted by molar-refractivity contribution is 9.10. The summed E-state index contributed by atoms with van der Waals surface area (Å²) in [7, 11) is 1.59. The Kier molecular flexibility index (Phi) is 4.62. The Bertz CT molecular complexity index is 613. The zero-order chi connectivity index (χ0) is 14.5. The normalized spacial score (nSPS) is 10.2. The second-order valence-electron chi connectivity index (χ2n) is 4.09. The van der Waals surface area contributed by atoms with Crippen LogP contribution < -0.4 is 15.4 Å². The molecule has 106 valence electrons. The standard InChI is InChI=1S/C13H14BrN3O3/c1-8-5-12(17-20-8)16-13(18)15-7-9-6-10(14)3-4-11(9)19-2/h3-6H,7H2,1-2H3,(H2,15,16,17,18). The number of aryl methyl sites for hydroxylation is 1. The lowest BCUT2D eigenvalue weighted by atomic mass is 10.2. The fraction of sp³-hybridized carbons (Fsp3) is 0.231. The van der Waals surface area contributed by atoms with Crippen molar-refractivity contribution in [3.8, 4) is 5.75 Å². The summed E-state index contributed by atoms with van der Waals surface area (Å²) in [5, 5.41) is 8.98. The van der Waals surface area contributed by atoms with Gasteiger partial charge in [-0.1, -0.05) is 21.1 Å². The van der Waals surface area contributed by atoms with Crippen LogP contribution in [0.2, 0.25) is 0 Å². The lowest BCUT2D eigenvalue weighted by Gasteiger charge is -2.10. The molecule has 0 fully saturated rings. The van der Waals surface area contributed by atoms with Crippen molar-refractivity contribution >= 4 is 27.8 Å². The van der Waals surface area contributed by atoms with E-state index in [9.17, 15) is 4.79 Å². The molecule has 2 rings (SSSR count). The maximum absolute atomic E-state index is 11.7. The number of methoxy groups -OCH3 is 1. The highest BCUT2D eigenvalue weighted by Crippen LogP contribution is 2.22. The van der Waals surface area contributed by atoms with Crippen molar-refractivity contribution in [1.82, 2.24) is 10.5 Å². The molecule has 0 aliphatic rings. The van der Waals surface area contributed by atoms with Crippen molar-refractivity contribution < 1.29 is 14.1 Å². The fourth-order valence-corrected chi connectivity index (χ4v) is 2.06. The van der Waals surface area contributed by atoms with Crippen molar-refractivity contribution in [3.05, 3.63) is 40.1 Å². The molecule has 2 aromatic rings. The Labute approximate surface area is 124 Å². The molecule has 0 unspecified atom stereocenters. The second kappa shape index (κ2) is 6.42. The van der Waals surface area contributed by atoms with Gasteiger partial charge in [0, 0.05) is 22.6 Å². The molecule has 0 spiro atoms. The van der Waals surface area contributed by atoms with Gasteiger partial charge in [-0.05, 0) is 25.1 Å². The van der Waals surface area contributed by atoms with Crippen molar-refractivity contribution in [2.45, 2.75) is 13.5 Å². The molecule has 1 aromatic carbocycles. The van der Waals surface area contributed by atoms with E-state index in [0.29, 0.717) is 23.9 Å². The first-order chi connectivity index (χ1) is 9.58. The summed E-state index contributed by atoms with van der Waals surface area (Å²) in [6.45, 7) is 2.09. The monoisotopic (exact) mass is 339 g/mol. The van der Waals surface area contributed by atoms with Crippen molar-refractivity contribution in [3.63, 3.8) is 0 Å². The summed E-state index contributed by atoms with van der Waals surface area (Å²) in [6.07, 6.45) is 0. The van der Waals surface area contributed by atoms with Crippen LogP contribution in [0.4, 0.5) is 10.6 Å². The van der Waals surface area contributed by atoms with Gasteiger partial charge in [0.1, 0.15) is 11.5 Å². The SMILES string of the molecule is COc1ccc(Br)cc1CNC(=O)Nc1cc(C)on1. The Morgan fingerprint density at radius 1 is 1.45 bits per heavy atom. The number of ether oxygens (including phenoxy) is 1. The number of halogens is 1. The van der Waals surface area contributed by atoms with Crippen LogP contribution >= 0.6 is 15.9 Å². The van der Waals surface area contributed by atoms with E-state index in [1.807, 2.05) is 18.2 Å². The maximum Gasteiger partial charge on any atom is 0.320 e. The number of urea groups is 1. The molecular formula is C13H14BrN3O3. The van der Waals surface area contributed by atoms with Gasteiger partial charge in [-0.3, -0.25) is 5.32 Å². The summed E-state index contributed by atoms with van der Waals surface area (Å²) < 4.78 is 11.0. The topological polar surface area (TPSA) is 76.4 Å². The van der Waals surface area contributed by atoms with Crippen molar-refractivity contribution in [1.29, 1.82) is 0 Å². The van der Waals surface area contributed by atoms with Crippen LogP contribution in [0.25, 0.3) is 0 Å². The molecule has 1 heterocycles. The van der Waals surface area contributed by atoms with Gasteiger partial charge < -0.3 is 14.6 Å². The largest absolute Gasteiger partial charge is 0.496 e. The highest BCUT2D eigenvalue weighted by atomic mass is 79.9. The molecule has 0 saturated heterocycles.